The molecular formula is C29H27N5O4S. The molecule has 198 valence electrons. The third kappa shape index (κ3) is 5.25. The van der Waals surface area contributed by atoms with Gasteiger partial charge in [-0.2, -0.15) is 0 Å². The fraction of sp³-hybridized carbons (Fsp3) is 0.172. The highest BCUT2D eigenvalue weighted by atomic mass is 32.1. The maximum Gasteiger partial charge on any atom is 0.339 e. The van der Waals surface area contributed by atoms with Gasteiger partial charge in [-0.15, -0.1) is 0 Å². The number of benzene rings is 2. The van der Waals surface area contributed by atoms with Crippen LogP contribution in [-0.4, -0.2) is 47.4 Å². The molecule has 1 aliphatic heterocycles. The highest BCUT2D eigenvalue weighted by Gasteiger charge is 2.42. The van der Waals surface area contributed by atoms with Crippen LogP contribution in [0.15, 0.2) is 91.3 Å². The minimum absolute atomic E-state index is 0.0280. The number of carbonyl (C=O) groups excluding carboxylic acids is 2. The first-order chi connectivity index (χ1) is 19.0. The first kappa shape index (κ1) is 26.1. The maximum absolute atomic E-state index is 12.6. The van der Waals surface area contributed by atoms with Crippen molar-refractivity contribution in [2.75, 3.05) is 31.0 Å². The third-order valence-corrected chi connectivity index (χ3v) is 6.77. The number of carbonyl (C=O) groups is 2. The fourth-order valence-corrected chi connectivity index (χ4v) is 5.13. The van der Waals surface area contributed by atoms with Crippen LogP contribution in [0.25, 0.3) is 5.69 Å². The van der Waals surface area contributed by atoms with Crippen LogP contribution in [-0.2, 0) is 14.3 Å². The Morgan fingerprint density at radius 2 is 1.77 bits per heavy atom. The van der Waals surface area contributed by atoms with Gasteiger partial charge in [-0.25, -0.2) is 4.79 Å². The van der Waals surface area contributed by atoms with Gasteiger partial charge in [-0.1, -0.05) is 18.2 Å². The lowest BCUT2D eigenvalue weighted by atomic mass is 10.0. The van der Waals surface area contributed by atoms with Gasteiger partial charge in [-0.3, -0.25) is 9.78 Å². The van der Waals surface area contributed by atoms with E-state index in [0.717, 1.165) is 17.1 Å². The minimum atomic E-state index is -0.422. The van der Waals surface area contributed by atoms with Crippen molar-refractivity contribution in [1.29, 1.82) is 0 Å². The summed E-state index contributed by atoms with van der Waals surface area (Å²) in [5, 5.41) is 6.79. The van der Waals surface area contributed by atoms with Gasteiger partial charge in [0.05, 0.1) is 30.1 Å². The molecule has 0 aliphatic carbocycles. The maximum atomic E-state index is 12.6. The molecular weight excluding hydrogens is 514 g/mol. The number of ether oxygens (including phenoxy) is 2. The molecule has 0 spiro atoms. The van der Waals surface area contributed by atoms with Gasteiger partial charge in [0.25, 0.3) is 0 Å². The number of hydrogen-bond acceptors (Lipinski definition) is 6. The molecule has 2 atom stereocenters. The summed E-state index contributed by atoms with van der Waals surface area (Å²) >= 11 is 5.85. The van der Waals surface area contributed by atoms with Crippen LogP contribution < -0.4 is 15.5 Å². The molecule has 3 heterocycles. The Balaban J connectivity index is 1.59. The molecule has 2 N–H and O–H groups in total. The summed E-state index contributed by atoms with van der Waals surface area (Å²) in [4.78, 5) is 31.2. The van der Waals surface area contributed by atoms with E-state index in [9.17, 15) is 9.59 Å². The van der Waals surface area contributed by atoms with E-state index in [1.165, 1.54) is 14.2 Å². The van der Waals surface area contributed by atoms with Crippen LogP contribution in [0.3, 0.4) is 0 Å². The number of methoxy groups -OCH3 is 2. The number of nitrogens with one attached hydrogen (secondary N) is 2. The van der Waals surface area contributed by atoms with Crippen LogP contribution >= 0.6 is 12.2 Å². The second-order valence-electron chi connectivity index (χ2n) is 8.84. The minimum Gasteiger partial charge on any atom is -0.465 e. The summed E-state index contributed by atoms with van der Waals surface area (Å²) < 4.78 is 11.9. The number of rotatable bonds is 8. The molecule has 1 fully saturated rings. The SMILES string of the molecule is COCC(=O)Nc1ccc(N2C(=S)N[C@@H](c3ccccn3)[C@@H]2c2cccn2-c2ccccc2C(=O)OC)cc1. The highest BCUT2D eigenvalue weighted by molar-refractivity contribution is 7.80. The number of hydrogen-bond donors (Lipinski definition) is 2. The zero-order chi connectivity index (χ0) is 27.4. The Kier molecular flexibility index (Phi) is 7.67. The van der Waals surface area contributed by atoms with Crippen molar-refractivity contribution in [2.24, 2.45) is 0 Å². The average Bonchev–Trinajstić information content (AvgIpc) is 3.58. The van der Waals surface area contributed by atoms with Gasteiger partial charge < -0.3 is 29.6 Å². The first-order valence-electron chi connectivity index (χ1n) is 12.3. The number of aromatic nitrogens is 2. The monoisotopic (exact) mass is 541 g/mol. The molecule has 0 bridgehead atoms. The van der Waals surface area contributed by atoms with Gasteiger partial charge in [0.1, 0.15) is 12.6 Å². The molecule has 9 nitrogen and oxygen atoms in total. The summed E-state index contributed by atoms with van der Waals surface area (Å²) in [6.45, 7) is -0.0280. The molecule has 0 radical (unpaired) electrons. The molecule has 39 heavy (non-hydrogen) atoms. The lowest BCUT2D eigenvalue weighted by molar-refractivity contribution is -0.119. The number of nitrogens with zero attached hydrogens (tertiary/aromatic N) is 3. The summed E-state index contributed by atoms with van der Waals surface area (Å²) in [6.07, 6.45) is 3.67. The van der Waals surface area contributed by atoms with Crippen molar-refractivity contribution >= 4 is 40.6 Å². The Labute approximate surface area is 231 Å². The zero-order valence-electron chi connectivity index (χ0n) is 21.4. The van der Waals surface area contributed by atoms with Gasteiger partial charge in [0.15, 0.2) is 5.11 Å². The van der Waals surface area contributed by atoms with E-state index < -0.39 is 5.97 Å². The molecule has 2 aromatic heterocycles. The number of para-hydroxylation sites is 1. The Bertz CT molecular complexity index is 1490. The molecule has 0 saturated carbocycles. The standard InChI is InChI=1S/C29H27N5O4S/c1-37-18-25(35)31-19-12-14-20(15-13-19)34-27(26(32-29(34)39)22-9-5-6-16-30-22)24-11-7-17-33(24)23-10-4-3-8-21(23)28(36)38-2/h3-17,26-27H,18H2,1-2H3,(H,31,35)(H,32,39)/t26-,27-/m0/s1. The predicted molar refractivity (Wildman–Crippen MR) is 152 cm³/mol. The van der Waals surface area contributed by atoms with Gasteiger partial charge in [0.2, 0.25) is 5.91 Å². The van der Waals surface area contributed by atoms with Crippen molar-refractivity contribution in [2.45, 2.75) is 12.1 Å². The van der Waals surface area contributed by atoms with Crippen LogP contribution in [0.5, 0.6) is 0 Å². The van der Waals surface area contributed by atoms with Crippen LogP contribution in [0.2, 0.25) is 0 Å². The zero-order valence-corrected chi connectivity index (χ0v) is 22.2. The van der Waals surface area contributed by atoms with Crippen LogP contribution in [0.1, 0.15) is 33.8 Å². The highest BCUT2D eigenvalue weighted by Crippen LogP contribution is 2.42. The molecule has 10 heteroatoms. The Hall–Kier alpha value is -4.54. The first-order valence-corrected chi connectivity index (χ1v) is 12.7. The number of anilines is 2. The van der Waals surface area contributed by atoms with E-state index in [1.807, 2.05) is 82.4 Å². The number of esters is 1. The van der Waals surface area contributed by atoms with Crippen molar-refractivity contribution in [3.05, 3.63) is 108 Å². The summed E-state index contributed by atoms with van der Waals surface area (Å²) in [6, 6.07) is 23.9. The predicted octanol–water partition coefficient (Wildman–Crippen LogP) is 4.42. The molecule has 2 aromatic carbocycles. The largest absolute Gasteiger partial charge is 0.465 e. The lowest BCUT2D eigenvalue weighted by Gasteiger charge is -2.29. The molecule has 5 rings (SSSR count). The average molecular weight is 542 g/mol. The van der Waals surface area contributed by atoms with E-state index in [0.29, 0.717) is 22.1 Å². The van der Waals surface area contributed by atoms with Gasteiger partial charge >= 0.3 is 5.97 Å². The molecule has 1 amide bonds. The normalized spacial score (nSPS) is 16.6. The second-order valence-corrected chi connectivity index (χ2v) is 9.22. The molecule has 0 unspecified atom stereocenters. The second kappa shape index (κ2) is 11.5. The van der Waals surface area contributed by atoms with Gasteiger partial charge in [0, 0.05) is 36.6 Å². The lowest BCUT2D eigenvalue weighted by Crippen LogP contribution is -2.30. The van der Waals surface area contributed by atoms with Crippen LogP contribution in [0.4, 0.5) is 11.4 Å². The van der Waals surface area contributed by atoms with E-state index >= 15 is 0 Å². The topological polar surface area (TPSA) is 97.7 Å². The Morgan fingerprint density at radius 1 is 1.00 bits per heavy atom. The van der Waals surface area contributed by atoms with Crippen LogP contribution in [0, 0.1) is 0 Å². The smallest absolute Gasteiger partial charge is 0.339 e. The number of pyridine rings is 1. The van der Waals surface area contributed by atoms with Crippen molar-refractivity contribution in [3.63, 3.8) is 0 Å². The van der Waals surface area contributed by atoms with E-state index in [-0.39, 0.29) is 24.6 Å². The Morgan fingerprint density at radius 3 is 2.49 bits per heavy atom. The molecule has 1 aliphatic rings. The molecule has 4 aromatic rings. The van der Waals surface area contributed by atoms with Gasteiger partial charge in [-0.05, 0) is 72.9 Å². The molecule has 1 saturated heterocycles. The van der Waals surface area contributed by atoms with E-state index in [1.54, 1.807) is 18.3 Å². The summed E-state index contributed by atoms with van der Waals surface area (Å²) in [5.74, 6) is -0.659. The van der Waals surface area contributed by atoms with Crippen molar-refractivity contribution in [1.82, 2.24) is 14.9 Å². The number of amides is 1. The summed E-state index contributed by atoms with van der Waals surface area (Å²) in [5.41, 5.74) is 4.33. The van der Waals surface area contributed by atoms with Crippen molar-refractivity contribution in [3.8, 4) is 5.69 Å². The third-order valence-electron chi connectivity index (χ3n) is 6.45. The number of thiocarbonyl (C=S) groups is 1. The summed E-state index contributed by atoms with van der Waals surface area (Å²) in [7, 11) is 2.84. The van der Waals surface area contributed by atoms with Crippen molar-refractivity contribution < 1.29 is 19.1 Å². The quantitative estimate of drug-likeness (QED) is 0.250. The van der Waals surface area contributed by atoms with E-state index in [2.05, 4.69) is 15.6 Å². The fourth-order valence-electron chi connectivity index (χ4n) is 4.79. The van der Waals surface area contributed by atoms with E-state index in [4.69, 9.17) is 21.7 Å².